The minimum absolute atomic E-state index is 0.451. The molecule has 0 saturated heterocycles. The van der Waals surface area contributed by atoms with E-state index in [0.29, 0.717) is 13.1 Å². The van der Waals surface area contributed by atoms with Crippen LogP contribution in [0.25, 0.3) is 11.4 Å². The Balaban J connectivity index is 1.86. The van der Waals surface area contributed by atoms with Crippen molar-refractivity contribution in [3.63, 3.8) is 0 Å². The van der Waals surface area contributed by atoms with Crippen molar-refractivity contribution in [2.45, 2.75) is 26.5 Å². The lowest BCUT2D eigenvalue weighted by atomic mass is 9.84. The second kappa shape index (κ2) is 5.36. The summed E-state index contributed by atoms with van der Waals surface area (Å²) in [5.74, 6) is 1.63. The summed E-state index contributed by atoms with van der Waals surface area (Å²) in [6, 6.07) is 7.99. The van der Waals surface area contributed by atoms with Crippen LogP contribution in [0.3, 0.4) is 0 Å². The molecule has 3 rings (SSSR count). The fourth-order valence-electron chi connectivity index (χ4n) is 2.39. The molecule has 1 aromatic carbocycles. The van der Waals surface area contributed by atoms with Crippen LogP contribution in [0.15, 0.2) is 24.3 Å². The Labute approximate surface area is 118 Å². The Kier molecular flexibility index (Phi) is 3.56. The molecule has 104 valence electrons. The highest BCUT2D eigenvalue weighted by atomic mass is 16.2. The van der Waals surface area contributed by atoms with E-state index >= 15 is 0 Å². The topological polar surface area (TPSA) is 80.2 Å². The van der Waals surface area contributed by atoms with Crippen LogP contribution in [0.2, 0.25) is 6.82 Å². The number of hydrogen-bond acceptors (Lipinski definition) is 5. The minimum atomic E-state index is -0.451. The number of benzene rings is 1. The maximum atomic E-state index is 9.64. The van der Waals surface area contributed by atoms with Crippen LogP contribution in [-0.2, 0) is 19.6 Å². The van der Waals surface area contributed by atoms with Gasteiger partial charge in [-0.3, -0.25) is 0 Å². The zero-order chi connectivity index (χ0) is 14.1. The van der Waals surface area contributed by atoms with Crippen molar-refractivity contribution in [1.29, 1.82) is 0 Å². The van der Waals surface area contributed by atoms with Crippen molar-refractivity contribution in [2.24, 2.45) is 5.73 Å². The molecule has 7 heteroatoms. The van der Waals surface area contributed by atoms with E-state index in [1.54, 1.807) is 6.82 Å². The van der Waals surface area contributed by atoms with Gasteiger partial charge in [0.05, 0.1) is 13.1 Å². The van der Waals surface area contributed by atoms with E-state index in [2.05, 4.69) is 10.1 Å². The summed E-state index contributed by atoms with van der Waals surface area (Å²) < 4.78 is 1.92. The van der Waals surface area contributed by atoms with Crippen molar-refractivity contribution in [1.82, 2.24) is 19.6 Å². The molecule has 2 aromatic rings. The quantitative estimate of drug-likeness (QED) is 0.786. The normalized spacial score (nSPS) is 15.2. The van der Waals surface area contributed by atoms with Crippen LogP contribution in [0.1, 0.15) is 11.4 Å². The Morgan fingerprint density at radius 1 is 1.30 bits per heavy atom. The van der Waals surface area contributed by atoms with Crippen molar-refractivity contribution >= 4 is 7.05 Å². The molecule has 6 nitrogen and oxygen atoms in total. The minimum Gasteiger partial charge on any atom is -0.437 e. The first-order chi connectivity index (χ1) is 9.67. The number of nitrogens with zero attached hydrogens (tertiary/aromatic N) is 4. The molecule has 0 bridgehead atoms. The SMILES string of the molecule is CB(O)N1CCn2nc(-c3ccc(CN)cc3)nc2C1. The molecule has 0 amide bonds. The van der Waals surface area contributed by atoms with Crippen LogP contribution in [0.5, 0.6) is 0 Å². The van der Waals surface area contributed by atoms with Gasteiger partial charge in [0.1, 0.15) is 5.82 Å². The molecule has 0 spiro atoms. The van der Waals surface area contributed by atoms with Gasteiger partial charge in [0.15, 0.2) is 5.82 Å². The van der Waals surface area contributed by atoms with Gasteiger partial charge in [-0.2, -0.15) is 5.10 Å². The van der Waals surface area contributed by atoms with E-state index in [9.17, 15) is 5.02 Å². The van der Waals surface area contributed by atoms with Gasteiger partial charge in [0.2, 0.25) is 0 Å². The Morgan fingerprint density at radius 3 is 2.70 bits per heavy atom. The van der Waals surface area contributed by atoms with Gasteiger partial charge in [-0.15, -0.1) is 0 Å². The molecule has 0 saturated carbocycles. The standard InChI is InChI=1S/C13H18BN5O/c1-14(20)18-6-7-19-12(9-18)16-13(17-19)11-4-2-10(8-15)3-5-11/h2-5,20H,6-9,15H2,1H3. The lowest BCUT2D eigenvalue weighted by Gasteiger charge is -2.26. The first-order valence-corrected chi connectivity index (χ1v) is 6.82. The molecule has 1 aliphatic rings. The van der Waals surface area contributed by atoms with E-state index in [4.69, 9.17) is 5.73 Å². The first-order valence-electron chi connectivity index (χ1n) is 6.82. The van der Waals surface area contributed by atoms with Crippen LogP contribution in [0.4, 0.5) is 0 Å². The molecule has 0 fully saturated rings. The van der Waals surface area contributed by atoms with E-state index < -0.39 is 7.05 Å². The highest BCUT2D eigenvalue weighted by Gasteiger charge is 2.24. The summed E-state index contributed by atoms with van der Waals surface area (Å²) in [4.78, 5) is 6.55. The van der Waals surface area contributed by atoms with Gasteiger partial charge in [-0.1, -0.05) is 24.3 Å². The predicted molar refractivity (Wildman–Crippen MR) is 77.6 cm³/mol. The van der Waals surface area contributed by atoms with Crippen LogP contribution >= 0.6 is 0 Å². The maximum absolute atomic E-state index is 9.64. The van der Waals surface area contributed by atoms with Gasteiger partial charge in [-0.25, -0.2) is 9.67 Å². The van der Waals surface area contributed by atoms with Gasteiger partial charge in [0, 0.05) is 18.7 Å². The zero-order valence-corrected chi connectivity index (χ0v) is 11.5. The van der Waals surface area contributed by atoms with Crippen LogP contribution in [0, 0.1) is 0 Å². The van der Waals surface area contributed by atoms with E-state index in [0.717, 1.165) is 35.9 Å². The third kappa shape index (κ3) is 2.47. The molecule has 0 aliphatic carbocycles. The second-order valence-electron chi connectivity index (χ2n) is 5.08. The van der Waals surface area contributed by atoms with E-state index in [-0.39, 0.29) is 0 Å². The number of nitrogens with two attached hydrogens (primary N) is 1. The molecule has 0 unspecified atom stereocenters. The van der Waals surface area contributed by atoms with Crippen molar-refractivity contribution in [3.05, 3.63) is 35.7 Å². The van der Waals surface area contributed by atoms with Gasteiger partial charge >= 0.3 is 7.05 Å². The lowest BCUT2D eigenvalue weighted by molar-refractivity contribution is 0.290. The van der Waals surface area contributed by atoms with Crippen LogP contribution < -0.4 is 5.73 Å². The number of fused-ring (bicyclic) bond motifs is 1. The first kappa shape index (κ1) is 13.3. The predicted octanol–water partition coefficient (Wildman–Crippen LogP) is 0.330. The van der Waals surface area contributed by atoms with Crippen molar-refractivity contribution in [3.8, 4) is 11.4 Å². The van der Waals surface area contributed by atoms with Crippen LogP contribution in [-0.4, -0.2) is 38.2 Å². The van der Waals surface area contributed by atoms with Gasteiger partial charge < -0.3 is 15.6 Å². The molecule has 0 radical (unpaired) electrons. The van der Waals surface area contributed by atoms with Gasteiger partial charge in [0.25, 0.3) is 0 Å². The van der Waals surface area contributed by atoms with Crippen molar-refractivity contribution in [2.75, 3.05) is 6.54 Å². The smallest absolute Gasteiger partial charge is 0.376 e. The second-order valence-corrected chi connectivity index (χ2v) is 5.08. The number of hydrogen-bond donors (Lipinski definition) is 2. The highest BCUT2D eigenvalue weighted by molar-refractivity contribution is 6.45. The van der Waals surface area contributed by atoms with Gasteiger partial charge in [-0.05, 0) is 12.4 Å². The summed E-state index contributed by atoms with van der Waals surface area (Å²) in [6.45, 7) is 4.49. The highest BCUT2D eigenvalue weighted by Crippen LogP contribution is 2.19. The molecule has 1 aromatic heterocycles. The molecule has 3 N–H and O–H groups in total. The molecular weight excluding hydrogens is 253 g/mol. The number of aromatic nitrogens is 3. The van der Waals surface area contributed by atoms with E-state index in [1.165, 1.54) is 0 Å². The Bertz CT molecular complexity index is 595. The fraction of sp³-hybridized carbons (Fsp3) is 0.385. The summed E-state index contributed by atoms with van der Waals surface area (Å²) in [5, 5.41) is 14.2. The zero-order valence-electron chi connectivity index (χ0n) is 11.5. The lowest BCUT2D eigenvalue weighted by Crippen LogP contribution is -2.42. The third-order valence-corrected chi connectivity index (χ3v) is 3.67. The summed E-state index contributed by atoms with van der Waals surface area (Å²) >= 11 is 0. The summed E-state index contributed by atoms with van der Waals surface area (Å²) in [7, 11) is -0.451. The average molecular weight is 271 g/mol. The fourth-order valence-corrected chi connectivity index (χ4v) is 2.39. The molecule has 1 aliphatic heterocycles. The molecule has 20 heavy (non-hydrogen) atoms. The summed E-state index contributed by atoms with van der Waals surface area (Å²) in [5.41, 5.74) is 7.69. The monoisotopic (exact) mass is 271 g/mol. The molecule has 0 atom stereocenters. The Hall–Kier alpha value is -1.70. The number of rotatable bonds is 3. The largest absolute Gasteiger partial charge is 0.437 e. The third-order valence-electron chi connectivity index (χ3n) is 3.67. The van der Waals surface area contributed by atoms with E-state index in [1.807, 2.05) is 33.8 Å². The molecule has 2 heterocycles. The average Bonchev–Trinajstić information content (AvgIpc) is 2.90. The van der Waals surface area contributed by atoms with Crippen molar-refractivity contribution < 1.29 is 5.02 Å². The maximum Gasteiger partial charge on any atom is 0.376 e. The summed E-state index contributed by atoms with van der Waals surface area (Å²) in [6.07, 6.45) is 0. The molecular formula is C13H18BN5O. The Morgan fingerprint density at radius 2 is 2.05 bits per heavy atom.